The number of urea groups is 1. The van der Waals surface area contributed by atoms with Crippen LogP contribution in [-0.4, -0.2) is 29.9 Å². The van der Waals surface area contributed by atoms with Gasteiger partial charge in [0.1, 0.15) is 17.2 Å². The number of amides is 2. The van der Waals surface area contributed by atoms with Crippen molar-refractivity contribution >= 4 is 17.4 Å². The van der Waals surface area contributed by atoms with Crippen molar-refractivity contribution in [3.8, 4) is 17.2 Å². The quantitative estimate of drug-likeness (QED) is 0.295. The van der Waals surface area contributed by atoms with Gasteiger partial charge in [-0.2, -0.15) is 13.9 Å². The lowest BCUT2D eigenvalue weighted by molar-refractivity contribution is -0.0498. The van der Waals surface area contributed by atoms with Crippen molar-refractivity contribution in [1.82, 2.24) is 5.01 Å². The number of para-hydroxylation sites is 1. The lowest BCUT2D eigenvalue weighted by atomic mass is 9.90. The van der Waals surface area contributed by atoms with E-state index < -0.39 is 6.61 Å². The smallest absolute Gasteiger partial charge is 0.387 e. The average molecular weight is 500 g/mol. The Morgan fingerprint density at radius 3 is 2.05 bits per heavy atom. The van der Waals surface area contributed by atoms with E-state index >= 15 is 0 Å². The topological polar surface area (TPSA) is 63.2 Å². The van der Waals surface area contributed by atoms with Gasteiger partial charge in [0.05, 0.1) is 12.3 Å². The zero-order valence-corrected chi connectivity index (χ0v) is 19.6. The zero-order valence-electron chi connectivity index (χ0n) is 19.6. The highest BCUT2D eigenvalue weighted by molar-refractivity contribution is 6.07. The highest BCUT2D eigenvalue weighted by atomic mass is 19.3. The van der Waals surface area contributed by atoms with E-state index in [0.717, 1.165) is 11.3 Å². The Kier molecular flexibility index (Phi) is 7.07. The van der Waals surface area contributed by atoms with E-state index in [1.807, 2.05) is 60.7 Å². The first-order valence-electron chi connectivity index (χ1n) is 11.7. The Hall–Kier alpha value is -4.72. The summed E-state index contributed by atoms with van der Waals surface area (Å²) in [5.74, 6) is 1.24. The molecule has 1 aliphatic rings. The van der Waals surface area contributed by atoms with E-state index in [1.165, 1.54) is 17.1 Å². The first kappa shape index (κ1) is 24.0. The summed E-state index contributed by atoms with van der Waals surface area (Å²) in [4.78, 5) is 13.1. The third-order valence-electron chi connectivity index (χ3n) is 5.81. The van der Waals surface area contributed by atoms with Gasteiger partial charge in [0, 0.05) is 11.6 Å². The summed E-state index contributed by atoms with van der Waals surface area (Å²) in [6.07, 6.45) is 0. The Morgan fingerprint density at radius 2 is 1.41 bits per heavy atom. The third kappa shape index (κ3) is 5.92. The molecule has 4 aromatic carbocycles. The number of ether oxygens (including phenoxy) is 2. The molecule has 0 spiro atoms. The van der Waals surface area contributed by atoms with Gasteiger partial charge >= 0.3 is 12.6 Å². The molecule has 186 valence electrons. The molecule has 8 heteroatoms. The summed E-state index contributed by atoms with van der Waals surface area (Å²) < 4.78 is 35.3. The van der Waals surface area contributed by atoms with E-state index in [-0.39, 0.29) is 17.7 Å². The Balaban J connectivity index is 1.32. The van der Waals surface area contributed by atoms with Crippen molar-refractivity contribution in [2.24, 2.45) is 5.10 Å². The number of hydrogen-bond donors (Lipinski definition) is 1. The van der Waals surface area contributed by atoms with Crippen LogP contribution in [0.1, 0.15) is 17.0 Å². The van der Waals surface area contributed by atoms with Crippen LogP contribution < -0.4 is 14.8 Å². The summed E-state index contributed by atoms with van der Waals surface area (Å²) in [6.45, 7) is -2.57. The fraction of sp³-hybridized carbons (Fsp3) is 0.103. The standard InChI is InChI=1S/C29H23F2N3O3/c30-28(31)37-25-15-11-21(12-16-25)27-26(20-7-3-1-4-8-20)19-34(33-27)29(35)32-22-13-17-24(18-14-22)36-23-9-5-2-6-10-23/h1-18,26,28H,19H2,(H,32,35). The molecule has 1 N–H and O–H groups in total. The van der Waals surface area contributed by atoms with Crippen LogP contribution in [0.15, 0.2) is 114 Å². The number of alkyl halides is 2. The predicted molar refractivity (Wildman–Crippen MR) is 137 cm³/mol. The van der Waals surface area contributed by atoms with Gasteiger partial charge < -0.3 is 14.8 Å². The Bertz CT molecular complexity index is 1360. The third-order valence-corrected chi connectivity index (χ3v) is 5.81. The summed E-state index contributed by atoms with van der Waals surface area (Å²) >= 11 is 0. The second-order valence-electron chi connectivity index (χ2n) is 8.30. The highest BCUT2D eigenvalue weighted by Gasteiger charge is 2.32. The van der Waals surface area contributed by atoms with Gasteiger partial charge in [0.2, 0.25) is 0 Å². The maximum absolute atomic E-state index is 13.1. The molecule has 1 atom stereocenters. The second-order valence-corrected chi connectivity index (χ2v) is 8.30. The van der Waals surface area contributed by atoms with Crippen LogP contribution in [0.4, 0.5) is 19.3 Å². The number of rotatable bonds is 7. The molecule has 0 radical (unpaired) electrons. The number of benzene rings is 4. The van der Waals surface area contributed by atoms with E-state index in [4.69, 9.17) is 4.74 Å². The molecule has 0 fully saturated rings. The number of halogens is 2. The molecule has 2 amide bonds. The maximum atomic E-state index is 13.1. The molecule has 0 saturated heterocycles. The van der Waals surface area contributed by atoms with E-state index in [1.54, 1.807) is 36.4 Å². The van der Waals surface area contributed by atoms with Gasteiger partial charge in [0.25, 0.3) is 0 Å². The van der Waals surface area contributed by atoms with Crippen LogP contribution in [0.5, 0.6) is 17.2 Å². The van der Waals surface area contributed by atoms with Gasteiger partial charge in [-0.15, -0.1) is 0 Å². The molecule has 5 rings (SSSR count). The molecule has 1 heterocycles. The monoisotopic (exact) mass is 499 g/mol. The molecule has 0 saturated carbocycles. The van der Waals surface area contributed by atoms with Crippen molar-refractivity contribution < 1.29 is 23.0 Å². The molecule has 1 unspecified atom stereocenters. The Labute approximate surface area is 212 Å². The summed E-state index contributed by atoms with van der Waals surface area (Å²) in [7, 11) is 0. The lowest BCUT2D eigenvalue weighted by Crippen LogP contribution is -2.30. The fourth-order valence-corrected chi connectivity index (χ4v) is 4.06. The van der Waals surface area contributed by atoms with E-state index in [0.29, 0.717) is 29.3 Å². The van der Waals surface area contributed by atoms with Crippen LogP contribution in [-0.2, 0) is 0 Å². The molecule has 0 aliphatic carbocycles. The molecule has 6 nitrogen and oxygen atoms in total. The van der Waals surface area contributed by atoms with Crippen molar-refractivity contribution in [2.75, 3.05) is 11.9 Å². The summed E-state index contributed by atoms with van der Waals surface area (Å²) in [6, 6.07) is 32.1. The molecule has 0 bridgehead atoms. The number of nitrogens with one attached hydrogen (secondary N) is 1. The van der Waals surface area contributed by atoms with Crippen molar-refractivity contribution in [3.05, 3.63) is 120 Å². The normalized spacial score (nSPS) is 14.8. The van der Waals surface area contributed by atoms with Crippen molar-refractivity contribution in [2.45, 2.75) is 12.5 Å². The highest BCUT2D eigenvalue weighted by Crippen LogP contribution is 2.30. The largest absolute Gasteiger partial charge is 0.457 e. The first-order valence-corrected chi connectivity index (χ1v) is 11.7. The van der Waals surface area contributed by atoms with Gasteiger partial charge in [-0.25, -0.2) is 9.80 Å². The lowest BCUT2D eigenvalue weighted by Gasteiger charge is -2.16. The first-order chi connectivity index (χ1) is 18.0. The van der Waals surface area contributed by atoms with Crippen molar-refractivity contribution in [3.63, 3.8) is 0 Å². The minimum atomic E-state index is -2.90. The number of hydrazone groups is 1. The summed E-state index contributed by atoms with van der Waals surface area (Å²) in [5.41, 5.74) is 2.97. The number of carbonyl (C=O) groups is 1. The molecular weight excluding hydrogens is 476 g/mol. The number of carbonyl (C=O) groups excluding carboxylic acids is 1. The molecule has 4 aromatic rings. The van der Waals surface area contributed by atoms with Gasteiger partial charge in [-0.05, 0) is 71.8 Å². The van der Waals surface area contributed by atoms with Crippen molar-refractivity contribution in [1.29, 1.82) is 0 Å². The van der Waals surface area contributed by atoms with Gasteiger partial charge in [-0.1, -0.05) is 48.5 Å². The molecule has 0 aromatic heterocycles. The van der Waals surface area contributed by atoms with Gasteiger partial charge in [0.15, 0.2) is 0 Å². The minimum absolute atomic E-state index is 0.0582. The number of anilines is 1. The summed E-state index contributed by atoms with van der Waals surface area (Å²) in [5, 5.41) is 8.85. The SMILES string of the molecule is O=C(Nc1ccc(Oc2ccccc2)cc1)N1CC(c2ccccc2)C(c2ccc(OC(F)F)cc2)=N1. The van der Waals surface area contributed by atoms with Crippen LogP contribution in [0.3, 0.4) is 0 Å². The Morgan fingerprint density at radius 1 is 0.811 bits per heavy atom. The van der Waals surface area contributed by atoms with Crippen LogP contribution >= 0.6 is 0 Å². The number of nitrogens with zero attached hydrogens (tertiary/aromatic N) is 2. The predicted octanol–water partition coefficient (Wildman–Crippen LogP) is 7.12. The second kappa shape index (κ2) is 10.9. The fourth-order valence-electron chi connectivity index (χ4n) is 4.06. The maximum Gasteiger partial charge on any atom is 0.387 e. The average Bonchev–Trinajstić information content (AvgIpc) is 3.37. The molecular formula is C29H23F2N3O3. The molecule has 1 aliphatic heterocycles. The van der Waals surface area contributed by atoms with Crippen LogP contribution in [0, 0.1) is 0 Å². The molecule has 37 heavy (non-hydrogen) atoms. The van der Waals surface area contributed by atoms with Crippen LogP contribution in [0.2, 0.25) is 0 Å². The van der Waals surface area contributed by atoms with Gasteiger partial charge in [-0.3, -0.25) is 0 Å². The van der Waals surface area contributed by atoms with E-state index in [9.17, 15) is 13.6 Å². The zero-order chi connectivity index (χ0) is 25.6. The van der Waals surface area contributed by atoms with Crippen LogP contribution in [0.25, 0.3) is 0 Å². The van der Waals surface area contributed by atoms with E-state index in [2.05, 4.69) is 15.2 Å². The minimum Gasteiger partial charge on any atom is -0.457 e. The number of hydrogen-bond acceptors (Lipinski definition) is 4.